The van der Waals surface area contributed by atoms with Gasteiger partial charge in [-0.15, -0.1) is 0 Å². The molecule has 0 spiro atoms. The predicted molar refractivity (Wildman–Crippen MR) is 150 cm³/mol. The van der Waals surface area contributed by atoms with Crippen molar-refractivity contribution in [2.75, 3.05) is 31.0 Å². The Balaban J connectivity index is 1.70. The van der Waals surface area contributed by atoms with E-state index in [9.17, 15) is 31.5 Å². The number of halogens is 7. The van der Waals surface area contributed by atoms with Crippen LogP contribution in [0.15, 0.2) is 53.3 Å². The van der Waals surface area contributed by atoms with E-state index in [4.69, 9.17) is 9.47 Å². The van der Waals surface area contributed by atoms with Gasteiger partial charge in [0.1, 0.15) is 45.9 Å². The van der Waals surface area contributed by atoms with Crippen molar-refractivity contribution >= 4 is 17.4 Å². The van der Waals surface area contributed by atoms with Gasteiger partial charge in [-0.25, -0.2) is 13.8 Å². The van der Waals surface area contributed by atoms with Gasteiger partial charge in [-0.2, -0.15) is 26.6 Å². The van der Waals surface area contributed by atoms with Crippen molar-refractivity contribution in [2.24, 2.45) is 7.05 Å². The molecule has 4 aromatic rings. The molecule has 17 heteroatoms. The minimum atomic E-state index is -5.04. The molecule has 3 heterocycles. The molecular weight excluding hydrogens is 631 g/mol. The van der Waals surface area contributed by atoms with Gasteiger partial charge >= 0.3 is 12.8 Å². The fourth-order valence-electron chi connectivity index (χ4n) is 4.88. The first-order valence-electron chi connectivity index (χ1n) is 13.4. The van der Waals surface area contributed by atoms with Gasteiger partial charge in [0.05, 0.1) is 25.3 Å². The van der Waals surface area contributed by atoms with Crippen molar-refractivity contribution in [1.29, 1.82) is 0 Å². The molecule has 10 nitrogen and oxygen atoms in total. The number of nitrogens with zero attached hydrogens (tertiary/aromatic N) is 3. The summed E-state index contributed by atoms with van der Waals surface area (Å²) < 4.78 is 114. The van der Waals surface area contributed by atoms with Crippen LogP contribution in [0.2, 0.25) is 0 Å². The normalized spacial score (nSPS) is 14.9. The Morgan fingerprint density at radius 2 is 1.74 bits per heavy atom. The van der Waals surface area contributed by atoms with Crippen LogP contribution < -0.4 is 25.7 Å². The van der Waals surface area contributed by atoms with Gasteiger partial charge in [-0.1, -0.05) is 0 Å². The number of nitrogens with one attached hydrogen (secondary N) is 2. The highest BCUT2D eigenvalue weighted by molar-refractivity contribution is 6.06. The largest absolute Gasteiger partial charge is 0.497 e. The number of rotatable bonds is 9. The zero-order chi connectivity index (χ0) is 33.3. The van der Waals surface area contributed by atoms with E-state index in [1.807, 2.05) is 0 Å². The van der Waals surface area contributed by atoms with E-state index in [0.29, 0.717) is 23.8 Å². The Hall–Kier alpha value is -5.06. The molecule has 0 aliphatic carbocycles. The zero-order valence-corrected chi connectivity index (χ0v) is 23.9. The first-order valence-corrected chi connectivity index (χ1v) is 13.4. The van der Waals surface area contributed by atoms with Crippen LogP contribution >= 0.6 is 0 Å². The molecule has 1 aliphatic heterocycles. The third kappa shape index (κ3) is 6.49. The molecular formula is C29H24F7N5O5. The summed E-state index contributed by atoms with van der Waals surface area (Å²) in [4.78, 5) is 31.2. The minimum Gasteiger partial charge on any atom is -0.497 e. The number of methoxy groups -OCH3 is 1. The average Bonchev–Trinajstić information content (AvgIpc) is 3.58. The van der Waals surface area contributed by atoms with Crippen LogP contribution in [0, 0.1) is 11.6 Å². The molecule has 1 aliphatic rings. The summed E-state index contributed by atoms with van der Waals surface area (Å²) in [6, 6.07) is 7.21. The molecule has 0 saturated carbocycles. The summed E-state index contributed by atoms with van der Waals surface area (Å²) in [5, 5.41) is 5.15. The van der Waals surface area contributed by atoms with Crippen molar-refractivity contribution in [2.45, 2.75) is 25.3 Å². The SMILES string of the molecule is COc1cc(F)c(-c2c(NC(=O)c3ccc(OC(F)F)cc3)c(=O)n(-c3nc(N[C@@H]4CCOC4)ccc3C(F)(F)F)n2C)c(F)c1. The second-order valence-electron chi connectivity index (χ2n) is 9.96. The number of ether oxygens (including phenoxy) is 3. The number of amides is 1. The summed E-state index contributed by atoms with van der Waals surface area (Å²) in [6.07, 6.45) is -4.50. The van der Waals surface area contributed by atoms with Crippen LogP contribution in [0.25, 0.3) is 17.1 Å². The van der Waals surface area contributed by atoms with Gasteiger partial charge < -0.3 is 24.8 Å². The number of anilines is 2. The highest BCUT2D eigenvalue weighted by atomic mass is 19.4. The van der Waals surface area contributed by atoms with E-state index in [1.54, 1.807) is 0 Å². The van der Waals surface area contributed by atoms with Gasteiger partial charge in [0.15, 0.2) is 5.82 Å². The fraction of sp³-hybridized carbons (Fsp3) is 0.276. The Bertz CT molecular complexity index is 1790. The third-order valence-electron chi connectivity index (χ3n) is 7.00. The van der Waals surface area contributed by atoms with Gasteiger partial charge in [-0.05, 0) is 42.8 Å². The highest BCUT2D eigenvalue weighted by Gasteiger charge is 2.38. The van der Waals surface area contributed by atoms with Crippen molar-refractivity contribution in [3.05, 3.63) is 81.6 Å². The standard InChI is InChI=1S/C29H24F7N5O5/c1-40-24(22-19(30)11-17(44-2)12-20(22)31)23(39-26(42)14-3-5-16(6-4-14)46-28(32)33)27(43)41(40)25-18(29(34,35)36)7-8-21(38-25)37-15-9-10-45-13-15/h3-8,11-12,15,28H,9-10,13H2,1-2H3,(H,37,38)(H,39,42)/t15-/m1/s1. The van der Waals surface area contributed by atoms with Crippen LogP contribution in [0.4, 0.5) is 42.2 Å². The predicted octanol–water partition coefficient (Wildman–Crippen LogP) is 5.60. The number of alkyl halides is 5. The maximum Gasteiger partial charge on any atom is 0.420 e. The van der Waals surface area contributed by atoms with Crippen molar-refractivity contribution in [3.63, 3.8) is 0 Å². The van der Waals surface area contributed by atoms with Gasteiger partial charge in [0.25, 0.3) is 11.5 Å². The molecule has 2 aromatic heterocycles. The Morgan fingerprint density at radius 1 is 1.07 bits per heavy atom. The lowest BCUT2D eigenvalue weighted by molar-refractivity contribution is -0.137. The average molecular weight is 656 g/mol. The van der Waals surface area contributed by atoms with Crippen LogP contribution in [0.5, 0.6) is 11.5 Å². The summed E-state index contributed by atoms with van der Waals surface area (Å²) in [5.41, 5.74) is -5.22. The molecule has 5 rings (SSSR count). The monoisotopic (exact) mass is 655 g/mol. The van der Waals surface area contributed by atoms with Crippen LogP contribution in [-0.2, 0) is 18.0 Å². The number of pyridine rings is 1. The summed E-state index contributed by atoms with van der Waals surface area (Å²) in [5.74, 6) is -5.13. The lowest BCUT2D eigenvalue weighted by Crippen LogP contribution is -2.27. The summed E-state index contributed by atoms with van der Waals surface area (Å²) >= 11 is 0. The maximum absolute atomic E-state index is 15.4. The third-order valence-corrected chi connectivity index (χ3v) is 7.00. The quantitative estimate of drug-likeness (QED) is 0.226. The topological polar surface area (TPSA) is 109 Å². The molecule has 1 saturated heterocycles. The van der Waals surface area contributed by atoms with E-state index in [1.165, 1.54) is 0 Å². The second-order valence-corrected chi connectivity index (χ2v) is 9.96. The number of hydrogen-bond donors (Lipinski definition) is 2. The lowest BCUT2D eigenvalue weighted by atomic mass is 10.1. The van der Waals surface area contributed by atoms with Gasteiger partial charge in [0.2, 0.25) is 0 Å². The molecule has 46 heavy (non-hydrogen) atoms. The maximum atomic E-state index is 15.4. The van der Waals surface area contributed by atoms with Crippen molar-refractivity contribution < 1.29 is 49.7 Å². The molecule has 1 fully saturated rings. The summed E-state index contributed by atoms with van der Waals surface area (Å²) in [7, 11) is 2.20. The van der Waals surface area contributed by atoms with Crippen molar-refractivity contribution in [1.82, 2.24) is 14.3 Å². The van der Waals surface area contributed by atoms with E-state index in [-0.39, 0.29) is 35.5 Å². The Morgan fingerprint density at radius 3 is 2.30 bits per heavy atom. The van der Waals surface area contributed by atoms with Crippen molar-refractivity contribution in [3.8, 4) is 28.6 Å². The molecule has 1 atom stereocenters. The first-order chi connectivity index (χ1) is 21.8. The van der Waals surface area contributed by atoms with E-state index < -0.39 is 64.2 Å². The van der Waals surface area contributed by atoms with Gasteiger partial charge in [0, 0.05) is 31.4 Å². The van der Waals surface area contributed by atoms with Crippen LogP contribution in [0.3, 0.4) is 0 Å². The van der Waals surface area contributed by atoms with Crippen LogP contribution in [0.1, 0.15) is 22.3 Å². The molecule has 2 aromatic carbocycles. The molecule has 2 N–H and O–H groups in total. The Labute approximate surface area is 255 Å². The molecule has 0 radical (unpaired) electrons. The van der Waals surface area contributed by atoms with E-state index in [0.717, 1.165) is 61.3 Å². The molecule has 244 valence electrons. The smallest absolute Gasteiger partial charge is 0.420 e. The number of carbonyl (C=O) groups excluding carboxylic acids is 1. The highest BCUT2D eigenvalue weighted by Crippen LogP contribution is 2.37. The van der Waals surface area contributed by atoms with E-state index >= 15 is 8.78 Å². The molecule has 1 amide bonds. The molecule has 0 bridgehead atoms. The van der Waals surface area contributed by atoms with Crippen LogP contribution in [-0.4, -0.2) is 53.2 Å². The van der Waals surface area contributed by atoms with Gasteiger partial charge in [-0.3, -0.25) is 14.3 Å². The zero-order valence-electron chi connectivity index (χ0n) is 23.9. The number of aromatic nitrogens is 3. The second kappa shape index (κ2) is 12.7. The minimum absolute atomic E-state index is 0.0494. The Kier molecular flexibility index (Phi) is 8.96. The summed E-state index contributed by atoms with van der Waals surface area (Å²) in [6.45, 7) is -2.47. The number of benzene rings is 2. The number of carbonyl (C=O) groups is 1. The first kappa shape index (κ1) is 32.3. The number of hydrogen-bond acceptors (Lipinski definition) is 7. The van der Waals surface area contributed by atoms with E-state index in [2.05, 4.69) is 20.4 Å². The lowest BCUT2D eigenvalue weighted by Gasteiger charge is -2.18. The fourth-order valence-corrected chi connectivity index (χ4v) is 4.88. The molecule has 0 unspecified atom stereocenters.